The minimum absolute atomic E-state index is 0.0306. The molecular formula is C32H27F2N3O6. The number of ketones is 1. The van der Waals surface area contributed by atoms with Gasteiger partial charge in [-0.1, -0.05) is 12.1 Å². The maximum Gasteiger partial charge on any atom is 0.257 e. The van der Waals surface area contributed by atoms with Crippen LogP contribution in [0.15, 0.2) is 59.5 Å². The number of carbonyl (C=O) groups excluding carboxylic acids is 1. The first-order valence-corrected chi connectivity index (χ1v) is 13.1. The van der Waals surface area contributed by atoms with Crippen LogP contribution in [0.25, 0.3) is 22.2 Å². The van der Waals surface area contributed by atoms with E-state index in [-0.39, 0.29) is 40.7 Å². The number of nitrogens with zero attached hydrogens (tertiary/aromatic N) is 2. The zero-order valence-electron chi connectivity index (χ0n) is 24.0. The third-order valence-corrected chi connectivity index (χ3v) is 6.90. The Bertz CT molecular complexity index is 1940. The summed E-state index contributed by atoms with van der Waals surface area (Å²) in [5, 5.41) is 0. The zero-order chi connectivity index (χ0) is 30.8. The Labute approximate surface area is 245 Å². The highest BCUT2D eigenvalue weighted by atomic mass is 19.1. The number of fused-ring (bicyclic) bond motifs is 1. The van der Waals surface area contributed by atoms with E-state index in [1.54, 1.807) is 32.0 Å². The van der Waals surface area contributed by atoms with Gasteiger partial charge in [0.05, 0.1) is 32.4 Å². The third kappa shape index (κ3) is 5.61. The monoisotopic (exact) mass is 587 g/mol. The van der Waals surface area contributed by atoms with Crippen molar-refractivity contribution in [1.29, 1.82) is 0 Å². The van der Waals surface area contributed by atoms with Gasteiger partial charge in [-0.25, -0.2) is 13.8 Å². The first kappa shape index (κ1) is 29.2. The van der Waals surface area contributed by atoms with E-state index in [4.69, 9.17) is 18.9 Å². The minimum Gasteiger partial charge on any atom is -0.494 e. The molecule has 43 heavy (non-hydrogen) atoms. The zero-order valence-corrected chi connectivity index (χ0v) is 24.0. The Balaban J connectivity index is 1.43. The summed E-state index contributed by atoms with van der Waals surface area (Å²) in [5.41, 5.74) is 2.03. The number of aromatic nitrogens is 3. The fourth-order valence-corrected chi connectivity index (χ4v) is 4.89. The lowest BCUT2D eigenvalue weighted by atomic mass is 9.95. The van der Waals surface area contributed by atoms with Gasteiger partial charge in [-0.3, -0.25) is 14.6 Å². The van der Waals surface area contributed by atoms with Crippen molar-refractivity contribution in [2.45, 2.75) is 20.3 Å². The van der Waals surface area contributed by atoms with Crippen LogP contribution in [0, 0.1) is 25.5 Å². The topological polar surface area (TPSA) is 113 Å². The van der Waals surface area contributed by atoms with Gasteiger partial charge < -0.3 is 23.9 Å². The Morgan fingerprint density at radius 3 is 2.30 bits per heavy atom. The number of pyridine rings is 3. The van der Waals surface area contributed by atoms with E-state index in [1.165, 1.54) is 57.9 Å². The number of H-pyrrole nitrogens is 1. The molecule has 0 atom stereocenters. The normalized spacial score (nSPS) is 11.0. The maximum atomic E-state index is 15.2. The molecule has 2 aromatic carbocycles. The van der Waals surface area contributed by atoms with E-state index in [1.807, 2.05) is 0 Å². The van der Waals surface area contributed by atoms with E-state index in [9.17, 15) is 14.0 Å². The molecule has 0 saturated carbocycles. The standard InChI is InChI=1S/C32H27F2N3O6/c1-16-28(19-7-8-20(33)26(14-19)40-3)31(39)29(17(2)36-16)23(38)13-18-6-9-24(21(34)12-18)43-25-10-11-35-22-15-27(41-4)32(42-5)37-30(22)25/h6-12,14-15H,13H2,1-5H3,(H,36,39). The average molecular weight is 588 g/mol. The molecule has 0 bridgehead atoms. The number of carbonyl (C=O) groups is 1. The molecular weight excluding hydrogens is 560 g/mol. The van der Waals surface area contributed by atoms with Crippen LogP contribution in [0.1, 0.15) is 27.3 Å². The fourth-order valence-electron chi connectivity index (χ4n) is 4.89. The third-order valence-electron chi connectivity index (χ3n) is 6.90. The summed E-state index contributed by atoms with van der Waals surface area (Å²) in [4.78, 5) is 38.6. The van der Waals surface area contributed by atoms with E-state index in [2.05, 4.69) is 15.0 Å². The number of hydrogen-bond acceptors (Lipinski definition) is 8. The summed E-state index contributed by atoms with van der Waals surface area (Å²) in [6.07, 6.45) is 1.25. The summed E-state index contributed by atoms with van der Waals surface area (Å²) in [6.45, 7) is 3.31. The van der Waals surface area contributed by atoms with Gasteiger partial charge in [0.25, 0.3) is 5.88 Å². The molecule has 1 N–H and O–H groups in total. The number of rotatable bonds is 9. The highest BCUT2D eigenvalue weighted by molar-refractivity contribution is 5.99. The Morgan fingerprint density at radius 2 is 1.60 bits per heavy atom. The molecule has 0 unspecified atom stereocenters. The van der Waals surface area contributed by atoms with Crippen LogP contribution >= 0.6 is 0 Å². The van der Waals surface area contributed by atoms with Crippen molar-refractivity contribution in [2.24, 2.45) is 0 Å². The first-order chi connectivity index (χ1) is 20.6. The van der Waals surface area contributed by atoms with Gasteiger partial charge >= 0.3 is 0 Å². The van der Waals surface area contributed by atoms with Crippen LogP contribution < -0.4 is 24.4 Å². The predicted molar refractivity (Wildman–Crippen MR) is 156 cm³/mol. The van der Waals surface area contributed by atoms with Crippen molar-refractivity contribution in [2.75, 3.05) is 21.3 Å². The van der Waals surface area contributed by atoms with E-state index in [0.717, 1.165) is 0 Å². The maximum absolute atomic E-state index is 15.2. The van der Waals surface area contributed by atoms with Gasteiger partial charge in [0.1, 0.15) is 5.52 Å². The van der Waals surface area contributed by atoms with Crippen LogP contribution in [0.5, 0.6) is 28.9 Å². The lowest BCUT2D eigenvalue weighted by Crippen LogP contribution is -2.23. The number of methoxy groups -OCH3 is 3. The van der Waals surface area contributed by atoms with Gasteiger partial charge in [0.2, 0.25) is 5.43 Å². The Kier molecular flexibility index (Phi) is 8.07. The number of nitrogens with one attached hydrogen (secondary N) is 1. The molecule has 9 nitrogen and oxygen atoms in total. The highest BCUT2D eigenvalue weighted by Gasteiger charge is 2.22. The number of hydrogen-bond donors (Lipinski definition) is 1. The van der Waals surface area contributed by atoms with Gasteiger partial charge in [-0.2, -0.15) is 0 Å². The Hall–Kier alpha value is -5.32. The lowest BCUT2D eigenvalue weighted by molar-refractivity contribution is 0.0991. The van der Waals surface area contributed by atoms with E-state index in [0.29, 0.717) is 39.3 Å². The molecule has 11 heteroatoms. The number of aryl methyl sites for hydroxylation is 2. The van der Waals surface area contributed by atoms with Crippen LogP contribution in [0.3, 0.4) is 0 Å². The van der Waals surface area contributed by atoms with Crippen molar-refractivity contribution in [3.63, 3.8) is 0 Å². The number of halogens is 2. The van der Waals surface area contributed by atoms with Gasteiger partial charge in [-0.05, 0) is 49.2 Å². The molecule has 0 aliphatic carbocycles. The predicted octanol–water partition coefficient (Wildman–Crippen LogP) is 6.12. The number of aromatic amines is 1. The van der Waals surface area contributed by atoms with E-state index >= 15 is 4.39 Å². The van der Waals surface area contributed by atoms with Crippen LogP contribution in [0.4, 0.5) is 8.78 Å². The lowest BCUT2D eigenvalue weighted by Gasteiger charge is -2.13. The molecule has 220 valence electrons. The summed E-state index contributed by atoms with van der Waals surface area (Å²) in [7, 11) is 4.25. The summed E-state index contributed by atoms with van der Waals surface area (Å²) < 4.78 is 50.6. The van der Waals surface area contributed by atoms with Gasteiger partial charge in [0, 0.05) is 41.7 Å². The van der Waals surface area contributed by atoms with Gasteiger partial charge in [0.15, 0.2) is 40.4 Å². The largest absolute Gasteiger partial charge is 0.494 e. The fraction of sp³-hybridized carbons (Fsp3) is 0.188. The second-order valence-corrected chi connectivity index (χ2v) is 9.65. The average Bonchev–Trinajstić information content (AvgIpc) is 2.98. The molecule has 5 aromatic rings. The summed E-state index contributed by atoms with van der Waals surface area (Å²) in [6, 6.07) is 11.3. The molecule has 3 heterocycles. The first-order valence-electron chi connectivity index (χ1n) is 13.1. The van der Waals surface area contributed by atoms with Crippen LogP contribution in [-0.4, -0.2) is 42.1 Å². The van der Waals surface area contributed by atoms with Crippen molar-refractivity contribution < 1.29 is 32.5 Å². The summed E-state index contributed by atoms with van der Waals surface area (Å²) >= 11 is 0. The number of ether oxygens (including phenoxy) is 4. The molecule has 0 amide bonds. The quantitative estimate of drug-likeness (QED) is 0.205. The van der Waals surface area contributed by atoms with E-state index < -0.39 is 22.8 Å². The molecule has 5 rings (SSSR count). The minimum atomic E-state index is -0.718. The van der Waals surface area contributed by atoms with Crippen LogP contribution in [-0.2, 0) is 6.42 Å². The van der Waals surface area contributed by atoms with Crippen molar-refractivity contribution in [3.05, 3.63) is 99.1 Å². The van der Waals surface area contributed by atoms with Crippen LogP contribution in [0.2, 0.25) is 0 Å². The second-order valence-electron chi connectivity index (χ2n) is 9.65. The molecule has 0 aliphatic rings. The van der Waals surface area contributed by atoms with Crippen molar-refractivity contribution in [3.8, 4) is 40.0 Å². The van der Waals surface area contributed by atoms with Gasteiger partial charge in [-0.15, -0.1) is 0 Å². The number of Topliss-reactive ketones (excluding diaryl/α,β-unsaturated/α-hetero) is 1. The molecule has 0 aliphatic heterocycles. The molecule has 0 fully saturated rings. The SMILES string of the molecule is COc1cc(-c2c(C)[nH]c(C)c(C(=O)Cc3ccc(Oc4ccnc5cc(OC)c(OC)nc45)c(F)c3)c2=O)ccc1F. The Morgan fingerprint density at radius 1 is 0.837 bits per heavy atom. The number of benzene rings is 2. The second kappa shape index (κ2) is 11.9. The van der Waals surface area contributed by atoms with Crippen molar-refractivity contribution >= 4 is 16.8 Å². The molecule has 0 radical (unpaired) electrons. The smallest absolute Gasteiger partial charge is 0.257 e. The highest BCUT2D eigenvalue weighted by Crippen LogP contribution is 2.35. The molecule has 0 saturated heterocycles. The molecule has 3 aromatic heterocycles. The van der Waals surface area contributed by atoms with Crippen molar-refractivity contribution in [1.82, 2.24) is 15.0 Å². The molecule has 0 spiro atoms. The summed E-state index contributed by atoms with van der Waals surface area (Å²) in [5.74, 6) is -1.10.